The highest BCUT2D eigenvalue weighted by Gasteiger charge is 2.26. The van der Waals surface area contributed by atoms with Gasteiger partial charge in [0.2, 0.25) is 10.0 Å². The second kappa shape index (κ2) is 7.56. The molecule has 0 bridgehead atoms. The van der Waals surface area contributed by atoms with E-state index in [4.69, 9.17) is 0 Å². The quantitative estimate of drug-likeness (QED) is 0.774. The van der Waals surface area contributed by atoms with E-state index in [0.29, 0.717) is 6.42 Å². The van der Waals surface area contributed by atoms with Crippen molar-refractivity contribution in [2.75, 3.05) is 14.1 Å². The number of hydrogen-bond donors (Lipinski definition) is 2. The molecule has 7 nitrogen and oxygen atoms in total. The minimum absolute atomic E-state index is 0.0655. The van der Waals surface area contributed by atoms with Crippen molar-refractivity contribution in [2.45, 2.75) is 31.2 Å². The molecule has 2 N–H and O–H groups in total. The summed E-state index contributed by atoms with van der Waals surface area (Å²) in [6, 6.07) is 4.38. The molecule has 2 atom stereocenters. The molecule has 1 amide bonds. The average Bonchev–Trinajstić information content (AvgIpc) is 2.51. The van der Waals surface area contributed by atoms with E-state index in [0.717, 1.165) is 4.31 Å². The van der Waals surface area contributed by atoms with Crippen LogP contribution in [0.5, 0.6) is 0 Å². The van der Waals surface area contributed by atoms with Gasteiger partial charge in [-0.15, -0.1) is 0 Å². The number of carboxylic acids is 1. The molecule has 0 aliphatic rings. The predicted molar refractivity (Wildman–Crippen MR) is 85.7 cm³/mol. The molecule has 0 heterocycles. The smallest absolute Gasteiger partial charge is 0.326 e. The number of amides is 1. The number of rotatable bonds is 7. The Morgan fingerprint density at radius 1 is 1.22 bits per heavy atom. The molecule has 0 aliphatic carbocycles. The maximum Gasteiger partial charge on any atom is 0.326 e. The van der Waals surface area contributed by atoms with Gasteiger partial charge in [0.05, 0.1) is 4.90 Å². The van der Waals surface area contributed by atoms with Crippen molar-refractivity contribution in [1.82, 2.24) is 9.62 Å². The van der Waals surface area contributed by atoms with Crippen LogP contribution in [0.25, 0.3) is 0 Å². The lowest BCUT2D eigenvalue weighted by atomic mass is 9.99. The van der Waals surface area contributed by atoms with E-state index in [1.165, 1.54) is 38.4 Å². The van der Waals surface area contributed by atoms with Gasteiger partial charge in [-0.25, -0.2) is 17.5 Å². The molecule has 0 aromatic heterocycles. The number of nitrogens with one attached hydrogen (secondary N) is 1. The molecule has 0 aliphatic heterocycles. The lowest BCUT2D eigenvalue weighted by Crippen LogP contribution is -2.45. The third-order valence-corrected chi connectivity index (χ3v) is 5.49. The Bertz CT molecular complexity index is 668. The van der Waals surface area contributed by atoms with E-state index in [1.807, 2.05) is 6.92 Å². The summed E-state index contributed by atoms with van der Waals surface area (Å²) in [6.45, 7) is 3.58. The van der Waals surface area contributed by atoms with Crippen molar-refractivity contribution < 1.29 is 23.1 Å². The van der Waals surface area contributed by atoms with Gasteiger partial charge in [-0.05, 0) is 30.2 Å². The molecule has 0 saturated carbocycles. The van der Waals surface area contributed by atoms with Crippen LogP contribution in [0.15, 0.2) is 29.2 Å². The van der Waals surface area contributed by atoms with Crippen LogP contribution in [0.2, 0.25) is 0 Å². The maximum absolute atomic E-state index is 12.1. The number of hydrogen-bond acceptors (Lipinski definition) is 4. The number of sulfonamides is 1. The lowest BCUT2D eigenvalue weighted by Gasteiger charge is -2.20. The monoisotopic (exact) mass is 342 g/mol. The average molecular weight is 342 g/mol. The molecule has 0 unspecified atom stereocenters. The normalized spacial score (nSPS) is 14.3. The van der Waals surface area contributed by atoms with Gasteiger partial charge in [0, 0.05) is 19.7 Å². The fraction of sp³-hybridized carbons (Fsp3) is 0.467. The van der Waals surface area contributed by atoms with Gasteiger partial charge in [0.15, 0.2) is 0 Å². The molecule has 128 valence electrons. The Balaban J connectivity index is 2.96. The number of benzene rings is 1. The summed E-state index contributed by atoms with van der Waals surface area (Å²) in [6.07, 6.45) is 0.608. The van der Waals surface area contributed by atoms with Gasteiger partial charge in [0.25, 0.3) is 5.91 Å². The second-order valence-corrected chi connectivity index (χ2v) is 7.64. The Kier molecular flexibility index (Phi) is 6.28. The molecule has 0 saturated heterocycles. The Labute approximate surface area is 136 Å². The standard InChI is InChI=1S/C15H22N2O5S/c1-5-10(2)13(15(19)20)16-14(18)11-6-8-12(9-7-11)23(21,22)17(3)4/h6-10,13H,5H2,1-4H3,(H,16,18)(H,19,20)/t10-,13-/m0/s1. The van der Waals surface area contributed by atoms with Crippen molar-refractivity contribution in [3.63, 3.8) is 0 Å². The van der Waals surface area contributed by atoms with Crippen molar-refractivity contribution in [2.24, 2.45) is 5.92 Å². The molecule has 1 aromatic rings. The van der Waals surface area contributed by atoms with Crippen molar-refractivity contribution in [3.8, 4) is 0 Å². The number of carbonyl (C=O) groups excluding carboxylic acids is 1. The van der Waals surface area contributed by atoms with E-state index >= 15 is 0 Å². The molecule has 0 radical (unpaired) electrons. The van der Waals surface area contributed by atoms with Gasteiger partial charge in [-0.3, -0.25) is 4.79 Å². The van der Waals surface area contributed by atoms with Crippen LogP contribution < -0.4 is 5.32 Å². The van der Waals surface area contributed by atoms with Gasteiger partial charge in [-0.2, -0.15) is 0 Å². The fourth-order valence-corrected chi connectivity index (χ4v) is 2.80. The Morgan fingerprint density at radius 3 is 2.13 bits per heavy atom. The first-order valence-electron chi connectivity index (χ1n) is 7.17. The molecular weight excluding hydrogens is 320 g/mol. The van der Waals surface area contributed by atoms with Crippen LogP contribution in [-0.2, 0) is 14.8 Å². The summed E-state index contributed by atoms with van der Waals surface area (Å²) >= 11 is 0. The topological polar surface area (TPSA) is 104 Å². The highest BCUT2D eigenvalue weighted by Crippen LogP contribution is 2.15. The van der Waals surface area contributed by atoms with Gasteiger partial charge in [-0.1, -0.05) is 20.3 Å². The zero-order valence-electron chi connectivity index (χ0n) is 13.6. The largest absolute Gasteiger partial charge is 0.480 e. The van der Waals surface area contributed by atoms with Crippen LogP contribution in [0.1, 0.15) is 30.6 Å². The van der Waals surface area contributed by atoms with E-state index in [1.54, 1.807) is 6.92 Å². The zero-order chi connectivity index (χ0) is 17.8. The molecule has 0 spiro atoms. The maximum atomic E-state index is 12.1. The summed E-state index contributed by atoms with van der Waals surface area (Å²) in [7, 11) is -0.733. The molecule has 23 heavy (non-hydrogen) atoms. The summed E-state index contributed by atoms with van der Waals surface area (Å²) in [5.74, 6) is -1.86. The Hall–Kier alpha value is -1.93. The summed E-state index contributed by atoms with van der Waals surface area (Å²) in [5, 5.41) is 11.6. The highest BCUT2D eigenvalue weighted by atomic mass is 32.2. The number of carboxylic acid groups (broad SMARTS) is 1. The molecular formula is C15H22N2O5S. The summed E-state index contributed by atoms with van der Waals surface area (Å²) < 4.78 is 25.0. The Morgan fingerprint density at radius 2 is 1.74 bits per heavy atom. The molecule has 1 aromatic carbocycles. The SMILES string of the molecule is CC[C@H](C)[C@H](NC(=O)c1ccc(S(=O)(=O)N(C)C)cc1)C(=O)O. The van der Waals surface area contributed by atoms with E-state index in [9.17, 15) is 23.1 Å². The minimum atomic E-state index is -3.57. The highest BCUT2D eigenvalue weighted by molar-refractivity contribution is 7.89. The van der Waals surface area contributed by atoms with Crippen LogP contribution in [0.3, 0.4) is 0 Å². The van der Waals surface area contributed by atoms with E-state index < -0.39 is 27.9 Å². The van der Waals surface area contributed by atoms with Gasteiger partial charge < -0.3 is 10.4 Å². The molecule has 8 heteroatoms. The first kappa shape index (κ1) is 19.1. The van der Waals surface area contributed by atoms with Crippen LogP contribution >= 0.6 is 0 Å². The van der Waals surface area contributed by atoms with Crippen LogP contribution in [-0.4, -0.2) is 49.8 Å². The van der Waals surface area contributed by atoms with Gasteiger partial charge >= 0.3 is 5.97 Å². The van der Waals surface area contributed by atoms with Crippen molar-refractivity contribution in [1.29, 1.82) is 0 Å². The second-order valence-electron chi connectivity index (χ2n) is 5.49. The van der Waals surface area contributed by atoms with Crippen LogP contribution in [0, 0.1) is 5.92 Å². The number of aliphatic carboxylic acids is 1. The summed E-state index contributed by atoms with van der Waals surface area (Å²) in [5.41, 5.74) is 0.206. The van der Waals surface area contributed by atoms with Crippen molar-refractivity contribution >= 4 is 21.9 Å². The zero-order valence-corrected chi connectivity index (χ0v) is 14.4. The molecule has 0 fully saturated rings. The third-order valence-electron chi connectivity index (χ3n) is 3.66. The number of nitrogens with zero attached hydrogens (tertiary/aromatic N) is 1. The van der Waals surface area contributed by atoms with Crippen molar-refractivity contribution in [3.05, 3.63) is 29.8 Å². The summed E-state index contributed by atoms with van der Waals surface area (Å²) in [4.78, 5) is 23.4. The van der Waals surface area contributed by atoms with E-state index in [-0.39, 0.29) is 16.4 Å². The number of carbonyl (C=O) groups is 2. The lowest BCUT2D eigenvalue weighted by molar-refractivity contribution is -0.140. The third kappa shape index (κ3) is 4.52. The first-order chi connectivity index (χ1) is 10.6. The van der Waals surface area contributed by atoms with Gasteiger partial charge in [0.1, 0.15) is 6.04 Å². The predicted octanol–water partition coefficient (Wildman–Crippen LogP) is 1.17. The van der Waals surface area contributed by atoms with E-state index in [2.05, 4.69) is 5.32 Å². The fourth-order valence-electron chi connectivity index (χ4n) is 1.90. The first-order valence-corrected chi connectivity index (χ1v) is 8.61. The minimum Gasteiger partial charge on any atom is -0.480 e. The molecule has 1 rings (SSSR count). The van der Waals surface area contributed by atoms with Crippen LogP contribution in [0.4, 0.5) is 0 Å².